The van der Waals surface area contributed by atoms with Gasteiger partial charge in [-0.05, 0) is 68.1 Å². The second-order valence-electron chi connectivity index (χ2n) is 6.81. The third kappa shape index (κ3) is 7.00. The van der Waals surface area contributed by atoms with Crippen molar-refractivity contribution >= 4 is 17.6 Å². The highest BCUT2D eigenvalue weighted by atomic mass is 32.2. The summed E-state index contributed by atoms with van der Waals surface area (Å²) >= 11 is 1.66. The minimum Gasteiger partial charge on any atom is -0.329 e. The second-order valence-corrected chi connectivity index (χ2v) is 8.44. The van der Waals surface area contributed by atoms with E-state index >= 15 is 0 Å². The second kappa shape index (κ2) is 8.15. The number of halogens is 3. The Kier molecular flexibility index (Phi) is 6.41. The van der Waals surface area contributed by atoms with Crippen molar-refractivity contribution in [1.29, 1.82) is 0 Å². The van der Waals surface area contributed by atoms with E-state index in [0.717, 1.165) is 28.9 Å². The van der Waals surface area contributed by atoms with Gasteiger partial charge in [0, 0.05) is 23.5 Å². The Hall–Kier alpha value is -1.66. The quantitative estimate of drug-likeness (QED) is 0.625. The molecule has 2 aromatic rings. The summed E-state index contributed by atoms with van der Waals surface area (Å²) < 4.78 is 41.0. The first kappa shape index (κ1) is 19.7. The molecule has 0 saturated carbocycles. The topological polar surface area (TPSA) is 24.1 Å². The van der Waals surface area contributed by atoms with E-state index in [0.29, 0.717) is 13.1 Å². The number of benzene rings is 2. The minimum absolute atomic E-state index is 0.141. The first-order chi connectivity index (χ1) is 11.6. The molecule has 25 heavy (non-hydrogen) atoms. The number of rotatable bonds is 6. The normalized spacial score (nSPS) is 12.2. The molecule has 136 valence electrons. The van der Waals surface area contributed by atoms with Gasteiger partial charge in [-0.3, -0.25) is 0 Å². The van der Waals surface area contributed by atoms with Crippen LogP contribution in [0.2, 0.25) is 0 Å². The van der Waals surface area contributed by atoms with Crippen molar-refractivity contribution in [3.05, 3.63) is 65.2 Å². The third-order valence-corrected chi connectivity index (χ3v) is 4.32. The maximum Gasteiger partial charge on any atom is 0.416 e. The summed E-state index contributed by atoms with van der Waals surface area (Å²) in [4.78, 5) is 0. The summed E-state index contributed by atoms with van der Waals surface area (Å²) in [5, 5.41) is 3.25. The maximum atomic E-state index is 12.5. The van der Waals surface area contributed by atoms with E-state index in [1.54, 1.807) is 11.9 Å². The summed E-state index contributed by atoms with van der Waals surface area (Å²) in [6.07, 6.45) is -4.28. The Balaban J connectivity index is 1.80. The van der Waals surface area contributed by atoms with Gasteiger partial charge in [0.2, 0.25) is 0 Å². The lowest BCUT2D eigenvalue weighted by molar-refractivity contribution is -0.137. The number of alkyl halides is 3. The van der Waals surface area contributed by atoms with Gasteiger partial charge >= 0.3 is 6.18 Å². The molecule has 0 heterocycles. The van der Waals surface area contributed by atoms with Gasteiger partial charge in [0.05, 0.1) is 5.56 Å². The Morgan fingerprint density at radius 1 is 0.800 bits per heavy atom. The molecule has 0 radical (unpaired) electrons. The molecule has 0 aromatic heterocycles. The summed E-state index contributed by atoms with van der Waals surface area (Å²) in [5.41, 5.74) is 2.38. The van der Waals surface area contributed by atoms with Crippen LogP contribution in [0.1, 0.15) is 37.5 Å². The van der Waals surface area contributed by atoms with E-state index in [2.05, 4.69) is 30.8 Å². The SMILES string of the molecule is CC(C)(C)SNc1ccc(CNCc2ccc(C(F)(F)F)cc2)cc1. The van der Waals surface area contributed by atoms with Crippen LogP contribution in [0.25, 0.3) is 0 Å². The lowest BCUT2D eigenvalue weighted by atomic mass is 10.1. The van der Waals surface area contributed by atoms with Gasteiger partial charge < -0.3 is 10.0 Å². The van der Waals surface area contributed by atoms with Crippen molar-refractivity contribution < 1.29 is 13.2 Å². The standard InChI is InChI=1S/C19H23F3N2S/c1-18(2,3)25-24-17-10-6-15(7-11-17)13-23-12-14-4-8-16(9-5-14)19(20,21)22/h4-11,23-24H,12-13H2,1-3H3. The van der Waals surface area contributed by atoms with Crippen LogP contribution in [-0.2, 0) is 19.3 Å². The molecule has 0 bridgehead atoms. The van der Waals surface area contributed by atoms with Gasteiger partial charge in [0.1, 0.15) is 0 Å². The summed E-state index contributed by atoms with van der Waals surface area (Å²) in [7, 11) is 0. The van der Waals surface area contributed by atoms with Gasteiger partial charge in [-0.2, -0.15) is 13.2 Å². The van der Waals surface area contributed by atoms with Crippen LogP contribution in [0, 0.1) is 0 Å². The van der Waals surface area contributed by atoms with Crippen molar-refractivity contribution in [2.24, 2.45) is 0 Å². The third-order valence-electron chi connectivity index (χ3n) is 3.37. The summed E-state index contributed by atoms with van der Waals surface area (Å²) in [5.74, 6) is 0. The van der Waals surface area contributed by atoms with Gasteiger partial charge in [0.15, 0.2) is 0 Å². The van der Waals surface area contributed by atoms with Crippen molar-refractivity contribution in [1.82, 2.24) is 5.32 Å². The van der Waals surface area contributed by atoms with Crippen LogP contribution in [0.4, 0.5) is 18.9 Å². The fraction of sp³-hybridized carbons (Fsp3) is 0.368. The largest absolute Gasteiger partial charge is 0.416 e. The molecule has 2 N–H and O–H groups in total. The zero-order valence-electron chi connectivity index (χ0n) is 14.6. The van der Waals surface area contributed by atoms with Crippen LogP contribution in [0.3, 0.4) is 0 Å². The number of anilines is 1. The number of nitrogens with one attached hydrogen (secondary N) is 2. The maximum absolute atomic E-state index is 12.5. The Labute approximate surface area is 151 Å². The van der Waals surface area contributed by atoms with E-state index < -0.39 is 11.7 Å². The number of hydrogen-bond donors (Lipinski definition) is 2. The average molecular weight is 368 g/mol. The zero-order chi connectivity index (χ0) is 18.5. The summed E-state index contributed by atoms with van der Waals surface area (Å²) in [6, 6.07) is 13.4. The number of hydrogen-bond acceptors (Lipinski definition) is 3. The highest BCUT2D eigenvalue weighted by Gasteiger charge is 2.29. The van der Waals surface area contributed by atoms with E-state index in [-0.39, 0.29) is 4.75 Å². The van der Waals surface area contributed by atoms with E-state index in [1.807, 2.05) is 24.3 Å². The molecule has 0 aliphatic rings. The lowest BCUT2D eigenvalue weighted by Gasteiger charge is -2.18. The minimum atomic E-state index is -4.28. The van der Waals surface area contributed by atoms with Gasteiger partial charge in [-0.1, -0.05) is 24.3 Å². The fourth-order valence-corrected chi connectivity index (χ4v) is 2.63. The predicted octanol–water partition coefficient (Wildman–Crippen LogP) is 5.85. The Morgan fingerprint density at radius 3 is 1.72 bits per heavy atom. The van der Waals surface area contributed by atoms with E-state index in [4.69, 9.17) is 0 Å². The van der Waals surface area contributed by atoms with Gasteiger partial charge in [-0.15, -0.1) is 0 Å². The van der Waals surface area contributed by atoms with Gasteiger partial charge in [0.25, 0.3) is 0 Å². The highest BCUT2D eigenvalue weighted by molar-refractivity contribution is 8.01. The van der Waals surface area contributed by atoms with Crippen LogP contribution in [0.5, 0.6) is 0 Å². The van der Waals surface area contributed by atoms with Crippen molar-refractivity contribution in [3.8, 4) is 0 Å². The molecule has 0 aliphatic carbocycles. The molecule has 0 saturated heterocycles. The molecule has 0 spiro atoms. The molecule has 0 unspecified atom stereocenters. The van der Waals surface area contributed by atoms with E-state index in [1.165, 1.54) is 12.1 Å². The van der Waals surface area contributed by atoms with E-state index in [9.17, 15) is 13.2 Å². The highest BCUT2D eigenvalue weighted by Crippen LogP contribution is 2.29. The van der Waals surface area contributed by atoms with Crippen molar-refractivity contribution in [3.63, 3.8) is 0 Å². The zero-order valence-corrected chi connectivity index (χ0v) is 15.4. The van der Waals surface area contributed by atoms with Crippen LogP contribution < -0.4 is 10.0 Å². The first-order valence-corrected chi connectivity index (χ1v) is 8.85. The average Bonchev–Trinajstić information content (AvgIpc) is 2.53. The molecular weight excluding hydrogens is 345 g/mol. The lowest BCUT2D eigenvalue weighted by Crippen LogP contribution is -2.13. The molecule has 2 nitrogen and oxygen atoms in total. The van der Waals surface area contributed by atoms with Crippen LogP contribution in [0.15, 0.2) is 48.5 Å². The summed E-state index contributed by atoms with van der Waals surface area (Å²) in [6.45, 7) is 7.62. The molecule has 2 rings (SSSR count). The molecule has 0 aliphatic heterocycles. The van der Waals surface area contributed by atoms with Gasteiger partial charge in [-0.25, -0.2) is 0 Å². The molecule has 0 atom stereocenters. The molecule has 6 heteroatoms. The fourth-order valence-electron chi connectivity index (χ4n) is 2.07. The smallest absolute Gasteiger partial charge is 0.329 e. The van der Waals surface area contributed by atoms with Crippen LogP contribution in [-0.4, -0.2) is 4.75 Å². The van der Waals surface area contributed by atoms with Crippen molar-refractivity contribution in [2.45, 2.75) is 44.8 Å². The molecule has 2 aromatic carbocycles. The molecule has 0 amide bonds. The van der Waals surface area contributed by atoms with Crippen molar-refractivity contribution in [2.75, 3.05) is 4.72 Å². The Morgan fingerprint density at radius 2 is 1.28 bits per heavy atom. The van der Waals surface area contributed by atoms with Crippen LogP contribution >= 0.6 is 11.9 Å². The monoisotopic (exact) mass is 368 g/mol. The molecular formula is C19H23F3N2S. The molecule has 0 fully saturated rings. The predicted molar refractivity (Wildman–Crippen MR) is 99.4 cm³/mol. The Bertz CT molecular complexity index is 659. The first-order valence-electron chi connectivity index (χ1n) is 8.03.